The molecule has 2 rings (SSSR count). The first kappa shape index (κ1) is 19.0. The highest BCUT2D eigenvalue weighted by molar-refractivity contribution is 7.99. The summed E-state index contributed by atoms with van der Waals surface area (Å²) in [5, 5.41) is 13.1. The molecule has 1 heterocycles. The van der Waals surface area contributed by atoms with Gasteiger partial charge in [0.15, 0.2) is 0 Å². The fourth-order valence-corrected chi connectivity index (χ4v) is 2.45. The van der Waals surface area contributed by atoms with Crippen molar-refractivity contribution in [1.29, 1.82) is 0 Å². The molecule has 25 heavy (non-hydrogen) atoms. The summed E-state index contributed by atoms with van der Waals surface area (Å²) >= 11 is 1.09. The highest BCUT2D eigenvalue weighted by atomic mass is 32.2. The Bertz CT molecular complexity index is 758. The third kappa shape index (κ3) is 5.90. The topological polar surface area (TPSA) is 97.1 Å². The maximum Gasteiger partial charge on any atom is 0.321 e. The normalized spacial score (nSPS) is 10.8. The highest BCUT2D eigenvalue weighted by Crippen LogP contribution is 2.24. The number of hydrogen-bond donors (Lipinski definition) is 2. The second-order valence-corrected chi connectivity index (χ2v) is 7.04. The molecule has 0 unspecified atom stereocenters. The average Bonchev–Trinajstić information content (AvgIpc) is 3.02. The van der Waals surface area contributed by atoms with Crippen molar-refractivity contribution in [3.8, 4) is 11.5 Å². The minimum Gasteiger partial charge on any atom is -0.411 e. The van der Waals surface area contributed by atoms with Gasteiger partial charge >= 0.3 is 6.03 Å². The number of carbonyl (C=O) groups is 2. The molecule has 7 nitrogen and oxygen atoms in total. The molecule has 134 valence electrons. The van der Waals surface area contributed by atoms with Crippen LogP contribution in [-0.2, 0) is 4.79 Å². The van der Waals surface area contributed by atoms with Gasteiger partial charge in [-0.05, 0) is 43.0 Å². The van der Waals surface area contributed by atoms with E-state index < -0.39 is 11.9 Å². The van der Waals surface area contributed by atoms with Gasteiger partial charge in [-0.2, -0.15) is 0 Å². The zero-order valence-corrected chi connectivity index (χ0v) is 15.6. The summed E-state index contributed by atoms with van der Waals surface area (Å²) < 4.78 is 5.56. The lowest BCUT2D eigenvalue weighted by molar-refractivity contribution is -0.117. The summed E-state index contributed by atoms with van der Waals surface area (Å²) in [6, 6.07) is 5.38. The number of nitrogens with zero attached hydrogens (tertiary/aromatic N) is 2. The van der Waals surface area contributed by atoms with Crippen LogP contribution in [0.25, 0.3) is 11.5 Å². The van der Waals surface area contributed by atoms with Crippen molar-refractivity contribution in [3.63, 3.8) is 0 Å². The van der Waals surface area contributed by atoms with Gasteiger partial charge in [0.25, 0.3) is 5.22 Å². The number of benzene rings is 1. The molecule has 0 aliphatic heterocycles. The van der Waals surface area contributed by atoms with Crippen molar-refractivity contribution < 1.29 is 14.0 Å². The van der Waals surface area contributed by atoms with Crippen LogP contribution in [0.1, 0.15) is 25.0 Å². The van der Waals surface area contributed by atoms with E-state index in [9.17, 15) is 9.59 Å². The van der Waals surface area contributed by atoms with Crippen LogP contribution < -0.4 is 10.6 Å². The Morgan fingerprint density at radius 1 is 1.20 bits per heavy atom. The average molecular weight is 362 g/mol. The molecule has 3 amide bonds. The summed E-state index contributed by atoms with van der Waals surface area (Å²) in [7, 11) is 0. The van der Waals surface area contributed by atoms with Crippen LogP contribution >= 0.6 is 11.8 Å². The predicted molar refractivity (Wildman–Crippen MR) is 96.3 cm³/mol. The van der Waals surface area contributed by atoms with Gasteiger partial charge in [-0.25, -0.2) is 4.79 Å². The van der Waals surface area contributed by atoms with Crippen molar-refractivity contribution in [2.75, 3.05) is 12.3 Å². The second kappa shape index (κ2) is 8.66. The Labute approximate surface area is 151 Å². The Balaban J connectivity index is 1.85. The molecule has 0 saturated carbocycles. The standard InChI is InChI=1S/C17H22N4O3S/c1-10(2)8-18-16(23)19-14(22)9-25-17-21-20-15(24-17)13-6-5-11(3)12(4)7-13/h5-7,10H,8-9H2,1-4H3,(H2,18,19,22,23). The number of imide groups is 1. The van der Waals surface area contributed by atoms with Crippen LogP contribution in [0.2, 0.25) is 0 Å². The van der Waals surface area contributed by atoms with Crippen molar-refractivity contribution >= 4 is 23.7 Å². The third-order valence-corrected chi connectivity index (χ3v) is 4.23. The van der Waals surface area contributed by atoms with Crippen LogP contribution in [0.3, 0.4) is 0 Å². The number of thioether (sulfide) groups is 1. The van der Waals surface area contributed by atoms with E-state index in [0.717, 1.165) is 22.9 Å². The Morgan fingerprint density at radius 2 is 1.96 bits per heavy atom. The van der Waals surface area contributed by atoms with Gasteiger partial charge in [-0.1, -0.05) is 31.7 Å². The molecule has 0 atom stereocenters. The van der Waals surface area contributed by atoms with Crippen LogP contribution in [-0.4, -0.2) is 34.4 Å². The molecule has 0 radical (unpaired) electrons. The molecule has 0 bridgehead atoms. The van der Waals surface area contributed by atoms with Crippen LogP contribution in [0.15, 0.2) is 27.8 Å². The first-order valence-corrected chi connectivity index (χ1v) is 8.95. The number of hydrogen-bond acceptors (Lipinski definition) is 6. The van der Waals surface area contributed by atoms with Gasteiger partial charge in [0.1, 0.15) is 0 Å². The van der Waals surface area contributed by atoms with E-state index in [1.54, 1.807) is 0 Å². The summed E-state index contributed by atoms with van der Waals surface area (Å²) in [4.78, 5) is 23.3. The van der Waals surface area contributed by atoms with Crippen molar-refractivity contribution in [2.45, 2.75) is 32.9 Å². The molecule has 0 aliphatic rings. The molecule has 2 aromatic rings. The van der Waals surface area contributed by atoms with Crippen molar-refractivity contribution in [3.05, 3.63) is 29.3 Å². The largest absolute Gasteiger partial charge is 0.411 e. The predicted octanol–water partition coefficient (Wildman–Crippen LogP) is 2.93. The fourth-order valence-electron chi connectivity index (χ4n) is 1.89. The van der Waals surface area contributed by atoms with Crippen LogP contribution in [0, 0.1) is 19.8 Å². The number of carbonyl (C=O) groups excluding carboxylic acids is 2. The number of urea groups is 1. The minimum absolute atomic E-state index is 0.0175. The summed E-state index contributed by atoms with van der Waals surface area (Å²) in [5.41, 5.74) is 3.15. The molecule has 1 aromatic heterocycles. The van der Waals surface area contributed by atoms with E-state index in [4.69, 9.17) is 4.42 Å². The van der Waals surface area contributed by atoms with Crippen molar-refractivity contribution in [1.82, 2.24) is 20.8 Å². The van der Waals surface area contributed by atoms with E-state index in [1.807, 2.05) is 45.9 Å². The van der Waals surface area contributed by atoms with Crippen LogP contribution in [0.5, 0.6) is 0 Å². The summed E-state index contributed by atoms with van der Waals surface area (Å²) in [6.45, 7) is 8.50. The fraction of sp³-hybridized carbons (Fsp3) is 0.412. The number of amides is 3. The number of aryl methyl sites for hydroxylation is 2. The molecule has 0 aliphatic carbocycles. The van der Waals surface area contributed by atoms with E-state index in [-0.39, 0.29) is 11.0 Å². The monoisotopic (exact) mass is 362 g/mol. The van der Waals surface area contributed by atoms with E-state index in [1.165, 1.54) is 5.56 Å². The number of aromatic nitrogens is 2. The first-order chi connectivity index (χ1) is 11.8. The van der Waals surface area contributed by atoms with Gasteiger partial charge in [-0.15, -0.1) is 10.2 Å². The smallest absolute Gasteiger partial charge is 0.321 e. The zero-order valence-electron chi connectivity index (χ0n) is 14.8. The summed E-state index contributed by atoms with van der Waals surface area (Å²) in [6.07, 6.45) is 0. The molecule has 1 aromatic carbocycles. The highest BCUT2D eigenvalue weighted by Gasteiger charge is 2.13. The molecule has 0 spiro atoms. The lowest BCUT2D eigenvalue weighted by Gasteiger charge is -2.07. The maximum absolute atomic E-state index is 11.7. The van der Waals surface area contributed by atoms with Crippen molar-refractivity contribution in [2.24, 2.45) is 5.92 Å². The van der Waals surface area contributed by atoms with Crippen LogP contribution in [0.4, 0.5) is 4.79 Å². The second-order valence-electron chi connectivity index (χ2n) is 6.11. The molecule has 0 fully saturated rings. The van der Waals surface area contributed by atoms with Gasteiger partial charge in [0.05, 0.1) is 5.75 Å². The maximum atomic E-state index is 11.7. The Kier molecular flexibility index (Phi) is 6.58. The van der Waals surface area contributed by atoms with E-state index in [2.05, 4.69) is 20.8 Å². The molecule has 8 heteroatoms. The van der Waals surface area contributed by atoms with Gasteiger partial charge in [-0.3, -0.25) is 10.1 Å². The van der Waals surface area contributed by atoms with Gasteiger partial charge in [0.2, 0.25) is 11.8 Å². The number of nitrogens with one attached hydrogen (secondary N) is 2. The zero-order chi connectivity index (χ0) is 18.4. The van der Waals surface area contributed by atoms with Gasteiger partial charge in [0, 0.05) is 12.1 Å². The lowest BCUT2D eigenvalue weighted by Crippen LogP contribution is -2.41. The van der Waals surface area contributed by atoms with Gasteiger partial charge < -0.3 is 9.73 Å². The van der Waals surface area contributed by atoms with E-state index in [0.29, 0.717) is 18.4 Å². The molecule has 2 N–H and O–H groups in total. The Hall–Kier alpha value is -2.35. The third-order valence-electron chi connectivity index (χ3n) is 3.41. The minimum atomic E-state index is -0.499. The van der Waals surface area contributed by atoms with E-state index >= 15 is 0 Å². The molecular formula is C17H22N4O3S. The lowest BCUT2D eigenvalue weighted by atomic mass is 10.1. The quantitative estimate of drug-likeness (QED) is 0.767. The number of rotatable bonds is 6. The first-order valence-electron chi connectivity index (χ1n) is 7.96. The Morgan fingerprint density at radius 3 is 2.64 bits per heavy atom. The molecular weight excluding hydrogens is 340 g/mol. The summed E-state index contributed by atoms with van der Waals surface area (Å²) in [5.74, 6) is 0.319. The molecule has 0 saturated heterocycles. The SMILES string of the molecule is Cc1ccc(-c2nnc(SCC(=O)NC(=O)NCC(C)C)o2)cc1C.